The Morgan fingerprint density at radius 1 is 1.36 bits per heavy atom. The van der Waals surface area contributed by atoms with Crippen LogP contribution in [0.3, 0.4) is 0 Å². The summed E-state index contributed by atoms with van der Waals surface area (Å²) < 4.78 is 5.06. The predicted octanol–water partition coefficient (Wildman–Crippen LogP) is 0.939. The maximum atomic E-state index is 10.4. The summed E-state index contributed by atoms with van der Waals surface area (Å²) in [6, 6.07) is 9.18. The first-order valence-corrected chi connectivity index (χ1v) is 3.31. The zero-order chi connectivity index (χ0) is 8.10. The van der Waals surface area contributed by atoms with E-state index in [4.69, 9.17) is 4.74 Å². The quantitative estimate of drug-likeness (QED) is 0.599. The van der Waals surface area contributed by atoms with Crippen molar-refractivity contribution in [2.24, 2.45) is 0 Å². The van der Waals surface area contributed by atoms with Crippen LogP contribution in [0.5, 0.6) is 5.75 Å². The molecular formula is C9H9O2-. The highest BCUT2D eigenvalue weighted by Gasteiger charge is 1.86. The molecule has 0 aliphatic carbocycles. The van der Waals surface area contributed by atoms with E-state index in [1.807, 2.05) is 18.2 Å². The summed E-state index contributed by atoms with van der Waals surface area (Å²) in [5.41, 5.74) is 0. The van der Waals surface area contributed by atoms with Crippen LogP contribution in [0.2, 0.25) is 0 Å². The van der Waals surface area contributed by atoms with E-state index < -0.39 is 0 Å². The van der Waals surface area contributed by atoms with Crippen LogP contribution in [-0.4, -0.2) is 6.61 Å². The Morgan fingerprint density at radius 2 is 2.00 bits per heavy atom. The molecule has 0 bridgehead atoms. The third-order valence-corrected chi connectivity index (χ3v) is 1.14. The van der Waals surface area contributed by atoms with Crippen molar-refractivity contribution in [2.45, 2.75) is 0 Å². The van der Waals surface area contributed by atoms with Crippen molar-refractivity contribution in [2.75, 3.05) is 6.61 Å². The Labute approximate surface area is 65.7 Å². The van der Waals surface area contributed by atoms with Crippen molar-refractivity contribution >= 4 is 0 Å². The minimum atomic E-state index is -0.214. The van der Waals surface area contributed by atoms with Crippen molar-refractivity contribution in [3.63, 3.8) is 0 Å². The van der Waals surface area contributed by atoms with Gasteiger partial charge in [-0.2, -0.15) is 0 Å². The first-order chi connectivity index (χ1) is 5.29. The van der Waals surface area contributed by atoms with Gasteiger partial charge < -0.3 is 9.84 Å². The zero-order valence-electron chi connectivity index (χ0n) is 6.12. The average molecular weight is 149 g/mol. The molecule has 2 nitrogen and oxygen atoms in total. The van der Waals surface area contributed by atoms with Crippen molar-refractivity contribution in [1.29, 1.82) is 0 Å². The SMILES string of the molecule is C=C([O-])COc1ccccc1. The number of para-hydroxylation sites is 1. The fraction of sp³-hybridized carbons (Fsp3) is 0.111. The maximum Gasteiger partial charge on any atom is 0.119 e. The minimum Gasteiger partial charge on any atom is -0.874 e. The van der Waals surface area contributed by atoms with Gasteiger partial charge in [0.1, 0.15) is 5.75 Å². The molecule has 0 radical (unpaired) electrons. The summed E-state index contributed by atoms with van der Waals surface area (Å²) in [5.74, 6) is 0.485. The molecule has 0 aromatic heterocycles. The Kier molecular flexibility index (Phi) is 2.55. The molecule has 0 atom stereocenters. The number of benzene rings is 1. The van der Waals surface area contributed by atoms with Crippen LogP contribution >= 0.6 is 0 Å². The van der Waals surface area contributed by atoms with Crippen LogP contribution < -0.4 is 9.84 Å². The van der Waals surface area contributed by atoms with Crippen molar-refractivity contribution in [3.05, 3.63) is 42.7 Å². The molecule has 0 unspecified atom stereocenters. The maximum absolute atomic E-state index is 10.4. The first-order valence-electron chi connectivity index (χ1n) is 3.31. The van der Waals surface area contributed by atoms with E-state index in [1.54, 1.807) is 12.1 Å². The third-order valence-electron chi connectivity index (χ3n) is 1.14. The molecule has 0 aliphatic heterocycles. The standard InChI is InChI=1S/C9H10O2/c1-8(10)7-11-9-5-3-2-4-6-9/h2-6,10H,1,7H2/p-1. The van der Waals surface area contributed by atoms with Crippen LogP contribution in [0.4, 0.5) is 0 Å². The highest BCUT2D eigenvalue weighted by Crippen LogP contribution is 2.07. The second-order valence-electron chi connectivity index (χ2n) is 2.14. The second-order valence-corrected chi connectivity index (χ2v) is 2.14. The lowest BCUT2D eigenvalue weighted by molar-refractivity contribution is -0.308. The molecule has 0 heterocycles. The van der Waals surface area contributed by atoms with Gasteiger partial charge in [0.25, 0.3) is 0 Å². The van der Waals surface area contributed by atoms with Crippen LogP contribution in [0.25, 0.3) is 0 Å². The van der Waals surface area contributed by atoms with Gasteiger partial charge in [0.15, 0.2) is 0 Å². The Bertz CT molecular complexity index is 229. The van der Waals surface area contributed by atoms with Gasteiger partial charge >= 0.3 is 0 Å². The largest absolute Gasteiger partial charge is 0.874 e. The van der Waals surface area contributed by atoms with Crippen LogP contribution in [0, 0.1) is 0 Å². The smallest absolute Gasteiger partial charge is 0.119 e. The van der Waals surface area contributed by atoms with E-state index in [-0.39, 0.29) is 12.4 Å². The van der Waals surface area contributed by atoms with Gasteiger partial charge in [0, 0.05) is 0 Å². The Hall–Kier alpha value is -1.44. The van der Waals surface area contributed by atoms with Gasteiger partial charge in [0.05, 0.1) is 6.61 Å². The van der Waals surface area contributed by atoms with E-state index in [2.05, 4.69) is 6.58 Å². The fourth-order valence-electron chi connectivity index (χ4n) is 0.681. The van der Waals surface area contributed by atoms with Gasteiger partial charge in [-0.1, -0.05) is 18.2 Å². The molecule has 0 amide bonds. The minimum absolute atomic E-state index is 0.0456. The Balaban J connectivity index is 2.45. The van der Waals surface area contributed by atoms with E-state index in [0.29, 0.717) is 5.75 Å². The number of rotatable bonds is 3. The second kappa shape index (κ2) is 3.66. The molecule has 1 rings (SSSR count). The molecule has 0 N–H and O–H groups in total. The highest BCUT2D eigenvalue weighted by molar-refractivity contribution is 5.21. The zero-order valence-corrected chi connectivity index (χ0v) is 6.12. The molecule has 0 saturated heterocycles. The summed E-state index contributed by atoms with van der Waals surface area (Å²) in [4.78, 5) is 0. The molecule has 0 fully saturated rings. The van der Waals surface area contributed by atoms with E-state index in [0.717, 1.165) is 0 Å². The summed E-state index contributed by atoms with van der Waals surface area (Å²) in [6.45, 7) is 3.24. The van der Waals surface area contributed by atoms with E-state index in [9.17, 15) is 5.11 Å². The van der Waals surface area contributed by atoms with Gasteiger partial charge in [-0.25, -0.2) is 0 Å². The lowest BCUT2D eigenvalue weighted by atomic mass is 10.3. The molecule has 0 saturated carbocycles. The lowest BCUT2D eigenvalue weighted by Crippen LogP contribution is -2.11. The van der Waals surface area contributed by atoms with E-state index >= 15 is 0 Å². The van der Waals surface area contributed by atoms with Crippen molar-refractivity contribution in [1.82, 2.24) is 0 Å². The molecular weight excluding hydrogens is 140 g/mol. The molecule has 58 valence electrons. The number of ether oxygens (including phenoxy) is 1. The monoisotopic (exact) mass is 149 g/mol. The van der Waals surface area contributed by atoms with Crippen LogP contribution in [0.15, 0.2) is 42.7 Å². The normalized spacial score (nSPS) is 9.09. The molecule has 0 spiro atoms. The molecule has 1 aromatic carbocycles. The third kappa shape index (κ3) is 2.76. The molecule has 11 heavy (non-hydrogen) atoms. The van der Waals surface area contributed by atoms with Gasteiger partial charge in [-0.15, -0.1) is 12.3 Å². The summed E-state index contributed by atoms with van der Waals surface area (Å²) in [5, 5.41) is 10.4. The Morgan fingerprint density at radius 3 is 2.55 bits per heavy atom. The average Bonchev–Trinajstić information content (AvgIpc) is 2.03. The van der Waals surface area contributed by atoms with Crippen molar-refractivity contribution < 1.29 is 9.84 Å². The fourth-order valence-corrected chi connectivity index (χ4v) is 0.681. The topological polar surface area (TPSA) is 32.3 Å². The molecule has 1 aromatic rings. The summed E-state index contributed by atoms with van der Waals surface area (Å²) in [6.07, 6.45) is 0. The van der Waals surface area contributed by atoms with Crippen LogP contribution in [0.1, 0.15) is 0 Å². The summed E-state index contributed by atoms with van der Waals surface area (Å²) in [7, 11) is 0. The van der Waals surface area contributed by atoms with Gasteiger partial charge in [0.2, 0.25) is 0 Å². The summed E-state index contributed by atoms with van der Waals surface area (Å²) >= 11 is 0. The van der Waals surface area contributed by atoms with Gasteiger partial charge in [-0.05, 0) is 12.1 Å². The highest BCUT2D eigenvalue weighted by atomic mass is 16.5. The van der Waals surface area contributed by atoms with Gasteiger partial charge in [-0.3, -0.25) is 0 Å². The number of hydrogen-bond acceptors (Lipinski definition) is 2. The number of hydrogen-bond donors (Lipinski definition) is 0. The lowest BCUT2D eigenvalue weighted by Gasteiger charge is -2.10. The molecule has 0 aliphatic rings. The molecule has 2 heteroatoms. The van der Waals surface area contributed by atoms with E-state index in [1.165, 1.54) is 0 Å². The predicted molar refractivity (Wildman–Crippen MR) is 41.1 cm³/mol. The first kappa shape index (κ1) is 7.66. The van der Waals surface area contributed by atoms with Crippen molar-refractivity contribution in [3.8, 4) is 5.75 Å². The van der Waals surface area contributed by atoms with Crippen LogP contribution in [-0.2, 0) is 0 Å².